The molecule has 1 N–H and O–H groups in total. The van der Waals surface area contributed by atoms with Gasteiger partial charge in [0.1, 0.15) is 0 Å². The number of halogens is 1. The standard InChI is InChI=1S/C17H24ClN3/c1-21-17-9-5-4-8-15(17)16(20-21)12-19-11-14-7-3-2-6-13(14)10-18/h4-5,8-9,13-14,19H,2-3,6-7,10-12H2,1H3. The predicted octanol–water partition coefficient (Wildman–Crippen LogP) is 3.71. The lowest BCUT2D eigenvalue weighted by molar-refractivity contribution is 0.250. The molecule has 2 aromatic rings. The molecule has 1 aromatic carbocycles. The van der Waals surface area contributed by atoms with E-state index in [1.54, 1.807) is 0 Å². The summed E-state index contributed by atoms with van der Waals surface area (Å²) in [6, 6.07) is 8.42. The molecule has 1 aliphatic carbocycles. The number of rotatable bonds is 5. The highest BCUT2D eigenvalue weighted by molar-refractivity contribution is 6.18. The summed E-state index contributed by atoms with van der Waals surface area (Å²) in [7, 11) is 2.01. The van der Waals surface area contributed by atoms with Crippen LogP contribution in [0.3, 0.4) is 0 Å². The van der Waals surface area contributed by atoms with Crippen molar-refractivity contribution in [1.29, 1.82) is 0 Å². The zero-order valence-corrected chi connectivity index (χ0v) is 13.4. The third-order valence-electron chi connectivity index (χ3n) is 4.80. The monoisotopic (exact) mass is 305 g/mol. The summed E-state index contributed by atoms with van der Waals surface area (Å²) in [5, 5.41) is 9.50. The van der Waals surface area contributed by atoms with Gasteiger partial charge in [-0.15, -0.1) is 11.6 Å². The summed E-state index contributed by atoms with van der Waals surface area (Å²) in [6.45, 7) is 1.90. The Labute approximate surface area is 131 Å². The number of hydrogen-bond acceptors (Lipinski definition) is 2. The fourth-order valence-electron chi connectivity index (χ4n) is 3.55. The van der Waals surface area contributed by atoms with Gasteiger partial charge in [0.15, 0.2) is 0 Å². The van der Waals surface area contributed by atoms with Crippen molar-refractivity contribution >= 4 is 22.5 Å². The summed E-state index contributed by atoms with van der Waals surface area (Å²) in [5.74, 6) is 2.22. The Morgan fingerprint density at radius 2 is 2.00 bits per heavy atom. The maximum atomic E-state index is 6.11. The summed E-state index contributed by atoms with van der Waals surface area (Å²) >= 11 is 6.11. The molecule has 1 aromatic heterocycles. The van der Waals surface area contributed by atoms with E-state index in [2.05, 4.69) is 34.7 Å². The summed E-state index contributed by atoms with van der Waals surface area (Å²) in [6.07, 6.45) is 5.31. The van der Waals surface area contributed by atoms with Crippen LogP contribution in [0.15, 0.2) is 24.3 Å². The number of aromatic nitrogens is 2. The Hall–Kier alpha value is -1.06. The van der Waals surface area contributed by atoms with Gasteiger partial charge in [0.25, 0.3) is 0 Å². The largest absolute Gasteiger partial charge is 0.311 e. The molecule has 0 bridgehead atoms. The second kappa shape index (κ2) is 6.80. The number of fused-ring (bicyclic) bond motifs is 1. The molecule has 1 aliphatic rings. The van der Waals surface area contributed by atoms with Crippen LogP contribution >= 0.6 is 11.6 Å². The van der Waals surface area contributed by atoms with Crippen molar-refractivity contribution in [3.63, 3.8) is 0 Å². The van der Waals surface area contributed by atoms with Crippen LogP contribution in [0.4, 0.5) is 0 Å². The molecule has 4 heteroatoms. The fourth-order valence-corrected chi connectivity index (χ4v) is 3.96. The lowest BCUT2D eigenvalue weighted by atomic mass is 9.80. The van der Waals surface area contributed by atoms with Crippen molar-refractivity contribution in [2.45, 2.75) is 32.2 Å². The van der Waals surface area contributed by atoms with Crippen molar-refractivity contribution in [1.82, 2.24) is 15.1 Å². The Balaban J connectivity index is 1.61. The molecule has 0 radical (unpaired) electrons. The van der Waals surface area contributed by atoms with Crippen molar-refractivity contribution in [3.8, 4) is 0 Å². The topological polar surface area (TPSA) is 29.9 Å². The summed E-state index contributed by atoms with van der Waals surface area (Å²) in [4.78, 5) is 0. The van der Waals surface area contributed by atoms with Gasteiger partial charge in [-0.3, -0.25) is 4.68 Å². The number of alkyl halides is 1. The minimum atomic E-state index is 0.688. The summed E-state index contributed by atoms with van der Waals surface area (Å²) in [5.41, 5.74) is 2.34. The average Bonchev–Trinajstić information content (AvgIpc) is 2.85. The van der Waals surface area contributed by atoms with Crippen LogP contribution in [0.2, 0.25) is 0 Å². The van der Waals surface area contributed by atoms with Crippen molar-refractivity contribution in [3.05, 3.63) is 30.0 Å². The minimum Gasteiger partial charge on any atom is -0.311 e. The van der Waals surface area contributed by atoms with Crippen LogP contribution < -0.4 is 5.32 Å². The molecule has 1 saturated carbocycles. The highest BCUT2D eigenvalue weighted by Crippen LogP contribution is 2.30. The van der Waals surface area contributed by atoms with Crippen molar-refractivity contribution in [2.24, 2.45) is 18.9 Å². The van der Waals surface area contributed by atoms with E-state index in [1.165, 1.54) is 36.6 Å². The Morgan fingerprint density at radius 3 is 2.81 bits per heavy atom. The molecular formula is C17H24ClN3. The van der Waals surface area contributed by atoms with Gasteiger partial charge >= 0.3 is 0 Å². The van der Waals surface area contributed by atoms with E-state index in [0.717, 1.165) is 30.6 Å². The first-order chi connectivity index (χ1) is 10.3. The van der Waals surface area contributed by atoms with E-state index in [9.17, 15) is 0 Å². The SMILES string of the molecule is Cn1nc(CNCC2CCCCC2CCl)c2ccccc21. The van der Waals surface area contributed by atoms with Gasteiger partial charge in [-0.1, -0.05) is 31.0 Å². The highest BCUT2D eigenvalue weighted by Gasteiger charge is 2.23. The van der Waals surface area contributed by atoms with Crippen LogP contribution in [-0.4, -0.2) is 22.2 Å². The third kappa shape index (κ3) is 3.24. The van der Waals surface area contributed by atoms with Gasteiger partial charge in [-0.25, -0.2) is 0 Å². The van der Waals surface area contributed by atoms with Gasteiger partial charge in [-0.2, -0.15) is 5.10 Å². The first kappa shape index (κ1) is 14.9. The van der Waals surface area contributed by atoms with Gasteiger partial charge in [0.2, 0.25) is 0 Å². The molecular weight excluding hydrogens is 282 g/mol. The van der Waals surface area contributed by atoms with Crippen LogP contribution in [0.5, 0.6) is 0 Å². The molecule has 1 fully saturated rings. The smallest absolute Gasteiger partial charge is 0.0841 e. The van der Waals surface area contributed by atoms with Crippen LogP contribution in [0.1, 0.15) is 31.4 Å². The second-order valence-corrected chi connectivity index (χ2v) is 6.49. The van der Waals surface area contributed by atoms with Crippen LogP contribution in [0, 0.1) is 11.8 Å². The highest BCUT2D eigenvalue weighted by atomic mass is 35.5. The van der Waals surface area contributed by atoms with E-state index in [0.29, 0.717) is 5.92 Å². The van der Waals surface area contributed by atoms with Gasteiger partial charge in [0, 0.05) is 24.9 Å². The van der Waals surface area contributed by atoms with Crippen molar-refractivity contribution < 1.29 is 0 Å². The quantitative estimate of drug-likeness (QED) is 0.854. The Kier molecular flexibility index (Phi) is 4.81. The maximum Gasteiger partial charge on any atom is 0.0841 e. The molecule has 2 atom stereocenters. The maximum absolute atomic E-state index is 6.11. The van der Waals surface area contributed by atoms with Crippen LogP contribution in [0.25, 0.3) is 10.9 Å². The molecule has 0 saturated heterocycles. The molecule has 2 unspecified atom stereocenters. The zero-order valence-electron chi connectivity index (χ0n) is 12.7. The Bertz CT molecular complexity index is 593. The predicted molar refractivity (Wildman–Crippen MR) is 88.6 cm³/mol. The number of hydrogen-bond donors (Lipinski definition) is 1. The molecule has 0 spiro atoms. The van der Waals surface area contributed by atoms with E-state index in [1.807, 2.05) is 11.7 Å². The van der Waals surface area contributed by atoms with E-state index < -0.39 is 0 Å². The van der Waals surface area contributed by atoms with Crippen LogP contribution in [-0.2, 0) is 13.6 Å². The van der Waals surface area contributed by atoms with Gasteiger partial charge in [0.05, 0.1) is 11.2 Å². The molecule has 3 rings (SSSR count). The molecule has 114 valence electrons. The van der Waals surface area contributed by atoms with E-state index in [4.69, 9.17) is 11.6 Å². The third-order valence-corrected chi connectivity index (χ3v) is 5.19. The van der Waals surface area contributed by atoms with Gasteiger partial charge in [-0.05, 0) is 37.3 Å². The zero-order chi connectivity index (χ0) is 14.7. The average molecular weight is 306 g/mol. The fraction of sp³-hybridized carbons (Fsp3) is 0.588. The first-order valence-corrected chi connectivity index (χ1v) is 8.50. The normalized spacial score (nSPS) is 22.8. The van der Waals surface area contributed by atoms with E-state index in [-0.39, 0.29) is 0 Å². The molecule has 3 nitrogen and oxygen atoms in total. The number of nitrogens with one attached hydrogen (secondary N) is 1. The molecule has 0 aliphatic heterocycles. The number of aryl methyl sites for hydroxylation is 1. The molecule has 21 heavy (non-hydrogen) atoms. The summed E-state index contributed by atoms with van der Waals surface area (Å²) < 4.78 is 1.97. The Morgan fingerprint density at radius 1 is 1.24 bits per heavy atom. The second-order valence-electron chi connectivity index (χ2n) is 6.18. The van der Waals surface area contributed by atoms with Crippen molar-refractivity contribution in [2.75, 3.05) is 12.4 Å². The molecule has 1 heterocycles. The van der Waals surface area contributed by atoms with E-state index >= 15 is 0 Å². The number of benzene rings is 1. The minimum absolute atomic E-state index is 0.688. The number of para-hydroxylation sites is 1. The lowest BCUT2D eigenvalue weighted by Gasteiger charge is -2.30. The number of nitrogens with zero attached hydrogens (tertiary/aromatic N) is 2. The molecule has 0 amide bonds. The lowest BCUT2D eigenvalue weighted by Crippen LogP contribution is -2.31. The van der Waals surface area contributed by atoms with Gasteiger partial charge < -0.3 is 5.32 Å². The first-order valence-electron chi connectivity index (χ1n) is 7.97.